The van der Waals surface area contributed by atoms with Gasteiger partial charge in [-0.3, -0.25) is 4.79 Å². The molecule has 0 heterocycles. The predicted octanol–water partition coefficient (Wildman–Crippen LogP) is 2.17. The van der Waals surface area contributed by atoms with Gasteiger partial charge < -0.3 is 10.2 Å². The SMILES string of the molecule is Cc1ccc(/C=N\NC(=O)c2ccccc2O)c(O)c1. The molecule has 102 valence electrons. The summed E-state index contributed by atoms with van der Waals surface area (Å²) in [5, 5.41) is 22.9. The molecular weight excluding hydrogens is 256 g/mol. The van der Waals surface area contributed by atoms with Gasteiger partial charge in [-0.25, -0.2) is 5.43 Å². The molecule has 2 rings (SSSR count). The van der Waals surface area contributed by atoms with Crippen molar-refractivity contribution in [3.63, 3.8) is 0 Å². The van der Waals surface area contributed by atoms with Gasteiger partial charge in [0, 0.05) is 5.56 Å². The van der Waals surface area contributed by atoms with E-state index in [2.05, 4.69) is 10.5 Å². The number of hydrogen-bond acceptors (Lipinski definition) is 4. The molecule has 0 saturated carbocycles. The second-order valence-corrected chi connectivity index (χ2v) is 4.28. The molecule has 0 fully saturated rings. The van der Waals surface area contributed by atoms with E-state index in [0.29, 0.717) is 5.56 Å². The Morgan fingerprint density at radius 3 is 2.60 bits per heavy atom. The van der Waals surface area contributed by atoms with E-state index in [-0.39, 0.29) is 17.1 Å². The first-order chi connectivity index (χ1) is 9.58. The van der Waals surface area contributed by atoms with Crippen molar-refractivity contribution >= 4 is 12.1 Å². The van der Waals surface area contributed by atoms with Gasteiger partial charge in [0.15, 0.2) is 0 Å². The Morgan fingerprint density at radius 2 is 1.90 bits per heavy atom. The zero-order valence-corrected chi connectivity index (χ0v) is 10.9. The minimum Gasteiger partial charge on any atom is -0.507 e. The first-order valence-electron chi connectivity index (χ1n) is 5.99. The maximum atomic E-state index is 11.7. The summed E-state index contributed by atoms with van der Waals surface area (Å²) in [5.74, 6) is -0.546. The summed E-state index contributed by atoms with van der Waals surface area (Å²) in [6.07, 6.45) is 1.34. The Labute approximate surface area is 116 Å². The molecule has 20 heavy (non-hydrogen) atoms. The average Bonchev–Trinajstić information content (AvgIpc) is 2.41. The number of carbonyl (C=O) groups is 1. The summed E-state index contributed by atoms with van der Waals surface area (Å²) < 4.78 is 0. The molecular formula is C15H14N2O3. The van der Waals surface area contributed by atoms with Crippen LogP contribution in [0.1, 0.15) is 21.5 Å². The van der Waals surface area contributed by atoms with Crippen molar-refractivity contribution in [1.29, 1.82) is 0 Å². The maximum Gasteiger partial charge on any atom is 0.275 e. The molecule has 0 aliphatic carbocycles. The van der Waals surface area contributed by atoms with E-state index in [0.717, 1.165) is 5.56 Å². The normalized spacial score (nSPS) is 10.7. The zero-order chi connectivity index (χ0) is 14.5. The predicted molar refractivity (Wildman–Crippen MR) is 76.0 cm³/mol. The number of aryl methyl sites for hydroxylation is 1. The van der Waals surface area contributed by atoms with Crippen LogP contribution >= 0.6 is 0 Å². The Kier molecular flexibility index (Phi) is 4.00. The third-order valence-corrected chi connectivity index (χ3v) is 2.70. The Morgan fingerprint density at radius 1 is 1.15 bits per heavy atom. The lowest BCUT2D eigenvalue weighted by atomic mass is 10.1. The van der Waals surface area contributed by atoms with Crippen molar-refractivity contribution in [1.82, 2.24) is 5.43 Å². The maximum absolute atomic E-state index is 11.7. The van der Waals surface area contributed by atoms with Crippen molar-refractivity contribution < 1.29 is 15.0 Å². The quantitative estimate of drug-likeness (QED) is 0.590. The first kappa shape index (κ1) is 13.6. The molecule has 0 aliphatic heterocycles. The van der Waals surface area contributed by atoms with Crippen LogP contribution in [0.4, 0.5) is 0 Å². The van der Waals surface area contributed by atoms with E-state index in [1.54, 1.807) is 24.3 Å². The number of aromatic hydroxyl groups is 2. The fraction of sp³-hybridized carbons (Fsp3) is 0.0667. The first-order valence-corrected chi connectivity index (χ1v) is 5.99. The molecule has 2 aromatic carbocycles. The van der Waals surface area contributed by atoms with Crippen LogP contribution in [0.15, 0.2) is 47.6 Å². The number of para-hydroxylation sites is 1. The van der Waals surface area contributed by atoms with Crippen molar-refractivity contribution in [2.45, 2.75) is 6.92 Å². The third-order valence-electron chi connectivity index (χ3n) is 2.70. The summed E-state index contributed by atoms with van der Waals surface area (Å²) in [4.78, 5) is 11.7. The topological polar surface area (TPSA) is 81.9 Å². The molecule has 5 nitrogen and oxygen atoms in total. The van der Waals surface area contributed by atoms with Gasteiger partial charge in [0.05, 0.1) is 11.8 Å². The van der Waals surface area contributed by atoms with E-state index < -0.39 is 5.91 Å². The standard InChI is InChI=1S/C15H14N2O3/c1-10-6-7-11(14(19)8-10)9-16-17-15(20)12-4-2-3-5-13(12)18/h2-9,18-19H,1H3,(H,17,20)/b16-9-. The fourth-order valence-corrected chi connectivity index (χ4v) is 1.65. The van der Waals surface area contributed by atoms with Gasteiger partial charge >= 0.3 is 0 Å². The summed E-state index contributed by atoms with van der Waals surface area (Å²) in [7, 11) is 0. The fourth-order valence-electron chi connectivity index (χ4n) is 1.65. The molecule has 3 N–H and O–H groups in total. The minimum atomic E-state index is -0.522. The van der Waals surface area contributed by atoms with E-state index in [9.17, 15) is 15.0 Å². The summed E-state index contributed by atoms with van der Waals surface area (Å²) in [6.45, 7) is 1.86. The number of phenols is 2. The number of hydrogen-bond donors (Lipinski definition) is 3. The van der Waals surface area contributed by atoms with E-state index in [1.165, 1.54) is 18.3 Å². The molecule has 5 heteroatoms. The number of phenolic OH excluding ortho intramolecular Hbond substituents is 2. The average molecular weight is 270 g/mol. The largest absolute Gasteiger partial charge is 0.507 e. The van der Waals surface area contributed by atoms with Crippen LogP contribution in [0.5, 0.6) is 11.5 Å². The van der Waals surface area contributed by atoms with Gasteiger partial charge in [0.25, 0.3) is 5.91 Å². The minimum absolute atomic E-state index is 0.0885. The highest BCUT2D eigenvalue weighted by Crippen LogP contribution is 2.17. The van der Waals surface area contributed by atoms with Crippen LogP contribution in [0.3, 0.4) is 0 Å². The number of amides is 1. The van der Waals surface area contributed by atoms with Crippen LogP contribution in [-0.2, 0) is 0 Å². The third kappa shape index (κ3) is 3.14. The van der Waals surface area contributed by atoms with Crippen molar-refractivity contribution in [2.75, 3.05) is 0 Å². The molecule has 0 spiro atoms. The number of nitrogens with one attached hydrogen (secondary N) is 1. The lowest BCUT2D eigenvalue weighted by Gasteiger charge is -2.02. The van der Waals surface area contributed by atoms with Gasteiger partial charge in [0.1, 0.15) is 11.5 Å². The van der Waals surface area contributed by atoms with Crippen LogP contribution in [0, 0.1) is 6.92 Å². The lowest BCUT2D eigenvalue weighted by Crippen LogP contribution is -2.17. The van der Waals surface area contributed by atoms with Gasteiger partial charge in [-0.1, -0.05) is 18.2 Å². The summed E-state index contributed by atoms with van der Waals surface area (Å²) in [6, 6.07) is 11.3. The van der Waals surface area contributed by atoms with Gasteiger partial charge in [0.2, 0.25) is 0 Å². The Hall–Kier alpha value is -2.82. The van der Waals surface area contributed by atoms with Gasteiger partial charge in [-0.15, -0.1) is 0 Å². The number of hydrazone groups is 1. The number of benzene rings is 2. The smallest absolute Gasteiger partial charge is 0.275 e. The van der Waals surface area contributed by atoms with Crippen molar-refractivity contribution in [2.24, 2.45) is 5.10 Å². The molecule has 0 aromatic heterocycles. The molecule has 0 saturated heterocycles. The highest BCUT2D eigenvalue weighted by atomic mass is 16.3. The summed E-state index contributed by atoms with van der Waals surface area (Å²) in [5.41, 5.74) is 3.85. The molecule has 0 atom stereocenters. The highest BCUT2D eigenvalue weighted by molar-refractivity contribution is 5.97. The molecule has 0 radical (unpaired) electrons. The number of nitrogens with zero attached hydrogens (tertiary/aromatic N) is 1. The molecule has 1 amide bonds. The van der Waals surface area contributed by atoms with Crippen molar-refractivity contribution in [3.8, 4) is 11.5 Å². The van der Waals surface area contributed by atoms with Crippen LogP contribution < -0.4 is 5.43 Å². The Bertz CT molecular complexity index is 666. The monoisotopic (exact) mass is 270 g/mol. The van der Waals surface area contributed by atoms with Crippen molar-refractivity contribution in [3.05, 3.63) is 59.2 Å². The number of rotatable bonds is 3. The lowest BCUT2D eigenvalue weighted by molar-refractivity contribution is 0.0952. The second kappa shape index (κ2) is 5.88. The molecule has 0 bridgehead atoms. The number of carbonyl (C=O) groups excluding carboxylic acids is 1. The van der Waals surface area contributed by atoms with E-state index in [1.807, 2.05) is 13.0 Å². The van der Waals surface area contributed by atoms with Crippen LogP contribution in [-0.4, -0.2) is 22.3 Å². The van der Waals surface area contributed by atoms with Gasteiger partial charge in [-0.05, 0) is 36.8 Å². The molecule has 0 unspecified atom stereocenters. The van der Waals surface area contributed by atoms with E-state index in [4.69, 9.17) is 0 Å². The van der Waals surface area contributed by atoms with E-state index >= 15 is 0 Å². The van der Waals surface area contributed by atoms with Crippen LogP contribution in [0.25, 0.3) is 0 Å². The van der Waals surface area contributed by atoms with Crippen LogP contribution in [0.2, 0.25) is 0 Å². The van der Waals surface area contributed by atoms with Gasteiger partial charge in [-0.2, -0.15) is 5.10 Å². The second-order valence-electron chi connectivity index (χ2n) is 4.28. The summed E-state index contributed by atoms with van der Waals surface area (Å²) >= 11 is 0. The zero-order valence-electron chi connectivity index (χ0n) is 10.9. The molecule has 2 aromatic rings. The molecule has 0 aliphatic rings. The highest BCUT2D eigenvalue weighted by Gasteiger charge is 2.08. The Balaban J connectivity index is 2.07.